The number of rotatable bonds is 6. The van der Waals surface area contributed by atoms with E-state index in [4.69, 9.17) is 0 Å². The summed E-state index contributed by atoms with van der Waals surface area (Å²) in [4.78, 5) is 18.7. The van der Waals surface area contributed by atoms with Crippen LogP contribution in [0, 0.1) is 0 Å². The van der Waals surface area contributed by atoms with Gasteiger partial charge in [-0.2, -0.15) is 0 Å². The van der Waals surface area contributed by atoms with E-state index in [1.54, 1.807) is 4.90 Å². The number of hydrogen-bond donors (Lipinski definition) is 1. The number of benzene rings is 1. The second kappa shape index (κ2) is 11.3. The second-order valence-corrected chi connectivity index (χ2v) is 7.38. The first-order chi connectivity index (χ1) is 12.4. The summed E-state index contributed by atoms with van der Waals surface area (Å²) < 4.78 is 26.5. The minimum Gasteiger partial charge on any atom is -0.339 e. The molecule has 2 saturated heterocycles. The van der Waals surface area contributed by atoms with Crippen LogP contribution in [0.3, 0.4) is 0 Å². The smallest absolute Gasteiger partial charge is 0.262 e. The molecule has 2 heterocycles. The van der Waals surface area contributed by atoms with E-state index in [-0.39, 0.29) is 37.1 Å². The van der Waals surface area contributed by atoms with Gasteiger partial charge in [-0.3, -0.25) is 15.0 Å². The maximum atomic E-state index is 13.3. The molecule has 9 heteroatoms. The van der Waals surface area contributed by atoms with E-state index in [0.29, 0.717) is 13.1 Å². The molecule has 0 radical (unpaired) electrons. The van der Waals surface area contributed by atoms with Gasteiger partial charge < -0.3 is 9.80 Å². The molecule has 1 atom stereocenters. The molecule has 0 spiro atoms. The Morgan fingerprint density at radius 1 is 1.18 bits per heavy atom. The van der Waals surface area contributed by atoms with Crippen molar-refractivity contribution in [3.8, 4) is 0 Å². The molecule has 1 N–H and O–H groups in total. The predicted octanol–water partition coefficient (Wildman–Crippen LogP) is 2.10. The molecule has 28 heavy (non-hydrogen) atoms. The standard InChI is InChI=1S/C19H28F2N4O.2ClH/c1-23(14-16-5-3-2-4-6-16)7-8-24-9-11-25(12-10-24)18(26)17-13-19(20,21)15-22-17;;/h2-6,17,22H,7-15H2,1H3;2*1H. The lowest BCUT2D eigenvalue weighted by Gasteiger charge is -2.36. The van der Waals surface area contributed by atoms with Gasteiger partial charge in [-0.25, -0.2) is 8.78 Å². The van der Waals surface area contributed by atoms with Crippen LogP contribution in [0.2, 0.25) is 0 Å². The van der Waals surface area contributed by atoms with E-state index < -0.39 is 18.5 Å². The zero-order valence-corrected chi connectivity index (χ0v) is 17.8. The lowest BCUT2D eigenvalue weighted by molar-refractivity contribution is -0.135. The van der Waals surface area contributed by atoms with Gasteiger partial charge >= 0.3 is 0 Å². The summed E-state index contributed by atoms with van der Waals surface area (Å²) in [6.45, 7) is 5.26. The molecule has 1 aromatic carbocycles. The van der Waals surface area contributed by atoms with Gasteiger partial charge in [-0.1, -0.05) is 30.3 Å². The van der Waals surface area contributed by atoms with Gasteiger partial charge in [0, 0.05) is 52.2 Å². The third kappa shape index (κ3) is 7.12. The summed E-state index contributed by atoms with van der Waals surface area (Å²) in [5, 5.41) is 2.66. The van der Waals surface area contributed by atoms with Gasteiger partial charge in [0.15, 0.2) is 0 Å². The maximum absolute atomic E-state index is 13.3. The first kappa shape index (κ1) is 25.0. The van der Waals surface area contributed by atoms with Gasteiger partial charge in [0.25, 0.3) is 5.92 Å². The number of amides is 1. The summed E-state index contributed by atoms with van der Waals surface area (Å²) >= 11 is 0. The minimum absolute atomic E-state index is 0. The van der Waals surface area contributed by atoms with Crippen molar-refractivity contribution < 1.29 is 13.6 Å². The van der Waals surface area contributed by atoms with E-state index in [2.05, 4.69) is 46.4 Å². The van der Waals surface area contributed by atoms with Crippen LogP contribution >= 0.6 is 24.8 Å². The third-order valence-corrected chi connectivity index (χ3v) is 5.19. The highest BCUT2D eigenvalue weighted by atomic mass is 35.5. The monoisotopic (exact) mass is 438 g/mol. The molecule has 1 aromatic rings. The topological polar surface area (TPSA) is 38.8 Å². The number of hydrogen-bond acceptors (Lipinski definition) is 4. The number of halogens is 4. The fourth-order valence-corrected chi connectivity index (χ4v) is 3.59. The highest BCUT2D eigenvalue weighted by Gasteiger charge is 2.43. The van der Waals surface area contributed by atoms with Crippen LogP contribution in [0.1, 0.15) is 12.0 Å². The lowest BCUT2D eigenvalue weighted by Crippen LogP contribution is -2.53. The Morgan fingerprint density at radius 2 is 1.82 bits per heavy atom. The van der Waals surface area contributed by atoms with Crippen molar-refractivity contribution in [2.24, 2.45) is 0 Å². The van der Waals surface area contributed by atoms with E-state index in [0.717, 1.165) is 32.7 Å². The molecule has 1 unspecified atom stereocenters. The molecule has 3 rings (SSSR count). The van der Waals surface area contributed by atoms with Gasteiger partial charge in [0.05, 0.1) is 12.6 Å². The zero-order chi connectivity index (χ0) is 18.6. The van der Waals surface area contributed by atoms with Crippen LogP contribution in [0.5, 0.6) is 0 Å². The van der Waals surface area contributed by atoms with Crippen molar-refractivity contribution in [1.29, 1.82) is 0 Å². The van der Waals surface area contributed by atoms with Gasteiger partial charge in [0.2, 0.25) is 5.91 Å². The number of alkyl halides is 2. The Bertz CT molecular complexity index is 601. The van der Waals surface area contributed by atoms with Crippen LogP contribution in [0.15, 0.2) is 30.3 Å². The Kier molecular flexibility index (Phi) is 10.1. The first-order valence-electron chi connectivity index (χ1n) is 9.28. The van der Waals surface area contributed by atoms with Gasteiger partial charge in [-0.05, 0) is 12.6 Å². The van der Waals surface area contributed by atoms with Crippen molar-refractivity contribution in [1.82, 2.24) is 20.0 Å². The molecule has 1 amide bonds. The van der Waals surface area contributed by atoms with Crippen LogP contribution in [-0.2, 0) is 11.3 Å². The molecular weight excluding hydrogens is 409 g/mol. The van der Waals surface area contributed by atoms with Gasteiger partial charge in [0.1, 0.15) is 0 Å². The molecule has 5 nitrogen and oxygen atoms in total. The normalized spacial score (nSPS) is 21.9. The second-order valence-electron chi connectivity index (χ2n) is 7.38. The summed E-state index contributed by atoms with van der Waals surface area (Å²) in [5.41, 5.74) is 1.30. The predicted molar refractivity (Wildman–Crippen MR) is 112 cm³/mol. The number of carbonyl (C=O) groups is 1. The number of piperazine rings is 1. The van der Waals surface area contributed by atoms with Gasteiger partial charge in [-0.15, -0.1) is 24.8 Å². The van der Waals surface area contributed by atoms with Crippen LogP contribution < -0.4 is 5.32 Å². The van der Waals surface area contributed by atoms with Crippen molar-refractivity contribution in [3.63, 3.8) is 0 Å². The summed E-state index contributed by atoms with van der Waals surface area (Å²) in [7, 11) is 2.11. The number of nitrogens with zero attached hydrogens (tertiary/aromatic N) is 3. The quantitative estimate of drug-likeness (QED) is 0.737. The van der Waals surface area contributed by atoms with E-state index in [1.165, 1.54) is 5.56 Å². The molecule has 160 valence electrons. The molecular formula is C19H30Cl2F2N4O. The molecule has 0 saturated carbocycles. The summed E-state index contributed by atoms with van der Waals surface area (Å²) in [5.74, 6) is -2.94. The van der Waals surface area contributed by atoms with Crippen molar-refractivity contribution in [3.05, 3.63) is 35.9 Å². The number of likely N-dealkylation sites (N-methyl/N-ethyl adjacent to an activating group) is 1. The molecule has 2 aliphatic heterocycles. The van der Waals surface area contributed by atoms with Crippen LogP contribution in [0.4, 0.5) is 8.78 Å². The summed E-state index contributed by atoms with van der Waals surface area (Å²) in [6, 6.07) is 9.65. The highest BCUT2D eigenvalue weighted by Crippen LogP contribution is 2.26. The molecule has 2 aliphatic rings. The number of carbonyl (C=O) groups excluding carboxylic acids is 1. The van der Waals surface area contributed by atoms with Crippen LogP contribution in [0.25, 0.3) is 0 Å². The fraction of sp³-hybridized carbons (Fsp3) is 0.632. The highest BCUT2D eigenvalue weighted by molar-refractivity contribution is 5.85. The maximum Gasteiger partial charge on any atom is 0.262 e. The van der Waals surface area contributed by atoms with Crippen molar-refractivity contribution in [2.45, 2.75) is 24.9 Å². The average molecular weight is 439 g/mol. The third-order valence-electron chi connectivity index (χ3n) is 5.19. The van der Waals surface area contributed by atoms with Crippen molar-refractivity contribution >= 4 is 30.7 Å². The first-order valence-corrected chi connectivity index (χ1v) is 9.28. The van der Waals surface area contributed by atoms with Crippen molar-refractivity contribution in [2.75, 3.05) is 52.9 Å². The van der Waals surface area contributed by atoms with E-state index in [1.807, 2.05) is 6.07 Å². The SMILES string of the molecule is CN(CCN1CCN(C(=O)C2CC(F)(F)CN2)CC1)Cc1ccccc1.Cl.Cl. The van der Waals surface area contributed by atoms with E-state index >= 15 is 0 Å². The lowest BCUT2D eigenvalue weighted by atomic mass is 10.1. The Balaban J connectivity index is 0.00000196. The molecule has 0 aromatic heterocycles. The number of nitrogens with one attached hydrogen (secondary N) is 1. The zero-order valence-electron chi connectivity index (χ0n) is 16.2. The van der Waals surface area contributed by atoms with Crippen LogP contribution in [-0.4, -0.2) is 85.4 Å². The Morgan fingerprint density at radius 3 is 2.39 bits per heavy atom. The molecule has 0 bridgehead atoms. The fourth-order valence-electron chi connectivity index (χ4n) is 3.59. The van der Waals surface area contributed by atoms with E-state index in [9.17, 15) is 13.6 Å². The largest absolute Gasteiger partial charge is 0.339 e. The molecule has 2 fully saturated rings. The summed E-state index contributed by atoms with van der Waals surface area (Å²) in [6.07, 6.45) is -0.379. The Hall–Kier alpha value is -0.990. The average Bonchev–Trinajstić information content (AvgIpc) is 3.00. The Labute approximate surface area is 178 Å². The molecule has 0 aliphatic carbocycles. The minimum atomic E-state index is -2.76.